The van der Waals surface area contributed by atoms with Gasteiger partial charge in [0.25, 0.3) is 0 Å². The topological polar surface area (TPSA) is 42.7 Å². The summed E-state index contributed by atoms with van der Waals surface area (Å²) in [5.41, 5.74) is 4.36. The molecule has 4 rings (SSSR count). The van der Waals surface area contributed by atoms with Crippen molar-refractivity contribution < 1.29 is 8.78 Å². The molecule has 0 aliphatic rings. The minimum atomic E-state index is -0.844. The Balaban J connectivity index is 1.61. The molecule has 2 heterocycles. The minimum Gasteiger partial charge on any atom is -0.306 e. The summed E-state index contributed by atoms with van der Waals surface area (Å²) in [6.45, 7) is 2.43. The third-order valence-electron chi connectivity index (χ3n) is 4.79. The fraction of sp³-hybridized carbons (Fsp3) is 0.130. The zero-order valence-electron chi connectivity index (χ0n) is 15.9. The van der Waals surface area contributed by atoms with Crippen molar-refractivity contribution in [2.24, 2.45) is 0 Å². The molecule has 0 radical (unpaired) electrons. The molecule has 0 saturated heterocycles. The molecular formula is C23H20F2N4. The van der Waals surface area contributed by atoms with E-state index in [9.17, 15) is 8.78 Å². The van der Waals surface area contributed by atoms with E-state index in [2.05, 4.69) is 10.3 Å². The normalized spacial score (nSPS) is 12.1. The standard InChI is InChI=1S/C23H20F2N4/c1-16(17-9-10-21(24)22(25)12-17)27-14-19-15-29(20-7-3-2-4-8-20)28-23(19)18-6-5-11-26-13-18/h2-13,15-16,27H,14H2,1H3/t16-/m1/s1. The van der Waals surface area contributed by atoms with Crippen LogP contribution in [0.3, 0.4) is 0 Å². The molecule has 6 heteroatoms. The molecular weight excluding hydrogens is 370 g/mol. The van der Waals surface area contributed by atoms with Crippen LogP contribution in [0.25, 0.3) is 16.9 Å². The fourth-order valence-electron chi connectivity index (χ4n) is 3.16. The first-order chi connectivity index (χ1) is 14.1. The van der Waals surface area contributed by atoms with Crippen LogP contribution in [0.1, 0.15) is 24.1 Å². The lowest BCUT2D eigenvalue weighted by Crippen LogP contribution is -2.18. The van der Waals surface area contributed by atoms with E-state index in [1.54, 1.807) is 18.5 Å². The molecule has 29 heavy (non-hydrogen) atoms. The Morgan fingerprint density at radius 2 is 1.83 bits per heavy atom. The molecule has 4 nitrogen and oxygen atoms in total. The summed E-state index contributed by atoms with van der Waals surface area (Å²) in [4.78, 5) is 4.20. The van der Waals surface area contributed by atoms with Gasteiger partial charge in [0.2, 0.25) is 0 Å². The van der Waals surface area contributed by atoms with Crippen molar-refractivity contribution in [3.63, 3.8) is 0 Å². The molecule has 0 fully saturated rings. The van der Waals surface area contributed by atoms with Gasteiger partial charge in [-0.05, 0) is 48.9 Å². The summed E-state index contributed by atoms with van der Waals surface area (Å²) >= 11 is 0. The monoisotopic (exact) mass is 390 g/mol. The smallest absolute Gasteiger partial charge is 0.159 e. The number of aromatic nitrogens is 3. The SMILES string of the molecule is C[C@@H](NCc1cn(-c2ccccc2)nc1-c1cccnc1)c1ccc(F)c(F)c1. The maximum atomic E-state index is 13.6. The maximum Gasteiger partial charge on any atom is 0.159 e. The van der Waals surface area contributed by atoms with Gasteiger partial charge in [0.05, 0.1) is 11.4 Å². The van der Waals surface area contributed by atoms with Gasteiger partial charge in [-0.15, -0.1) is 0 Å². The number of nitrogens with one attached hydrogen (secondary N) is 1. The van der Waals surface area contributed by atoms with Crippen LogP contribution in [-0.4, -0.2) is 14.8 Å². The highest BCUT2D eigenvalue weighted by Gasteiger charge is 2.15. The second-order valence-electron chi connectivity index (χ2n) is 6.80. The zero-order valence-corrected chi connectivity index (χ0v) is 15.9. The number of pyridine rings is 1. The van der Waals surface area contributed by atoms with E-state index in [0.29, 0.717) is 12.1 Å². The highest BCUT2D eigenvalue weighted by Crippen LogP contribution is 2.24. The third-order valence-corrected chi connectivity index (χ3v) is 4.79. The van der Waals surface area contributed by atoms with Gasteiger partial charge in [0, 0.05) is 42.3 Å². The molecule has 0 aliphatic carbocycles. The first-order valence-corrected chi connectivity index (χ1v) is 9.34. The summed E-state index contributed by atoms with van der Waals surface area (Å²) < 4.78 is 28.6. The van der Waals surface area contributed by atoms with E-state index >= 15 is 0 Å². The van der Waals surface area contributed by atoms with Gasteiger partial charge in [-0.25, -0.2) is 13.5 Å². The summed E-state index contributed by atoms with van der Waals surface area (Å²) in [6, 6.07) is 17.5. The molecule has 0 bridgehead atoms. The Kier molecular flexibility index (Phi) is 5.44. The lowest BCUT2D eigenvalue weighted by Gasteiger charge is -2.14. The average Bonchev–Trinajstić information content (AvgIpc) is 3.19. The van der Waals surface area contributed by atoms with E-state index < -0.39 is 11.6 Å². The average molecular weight is 390 g/mol. The van der Waals surface area contributed by atoms with Gasteiger partial charge in [-0.2, -0.15) is 5.10 Å². The van der Waals surface area contributed by atoms with E-state index in [0.717, 1.165) is 28.6 Å². The number of nitrogens with zero attached hydrogens (tertiary/aromatic N) is 3. The van der Waals surface area contributed by atoms with E-state index in [-0.39, 0.29) is 6.04 Å². The van der Waals surface area contributed by atoms with Crippen LogP contribution in [0.2, 0.25) is 0 Å². The molecule has 2 aromatic heterocycles. The predicted molar refractivity (Wildman–Crippen MR) is 108 cm³/mol. The van der Waals surface area contributed by atoms with Crippen LogP contribution in [0.5, 0.6) is 0 Å². The molecule has 0 spiro atoms. The van der Waals surface area contributed by atoms with Gasteiger partial charge >= 0.3 is 0 Å². The van der Waals surface area contributed by atoms with Crippen molar-refractivity contribution in [3.8, 4) is 16.9 Å². The maximum absolute atomic E-state index is 13.6. The second kappa shape index (κ2) is 8.32. The Morgan fingerprint density at radius 1 is 1.00 bits per heavy atom. The van der Waals surface area contributed by atoms with E-state index in [1.165, 1.54) is 6.07 Å². The molecule has 1 N–H and O–H groups in total. The molecule has 0 unspecified atom stereocenters. The quantitative estimate of drug-likeness (QED) is 0.500. The summed E-state index contributed by atoms with van der Waals surface area (Å²) in [7, 11) is 0. The number of hydrogen-bond acceptors (Lipinski definition) is 3. The van der Waals surface area contributed by atoms with Crippen LogP contribution < -0.4 is 5.32 Å². The van der Waals surface area contributed by atoms with Crippen LogP contribution in [0.15, 0.2) is 79.3 Å². The van der Waals surface area contributed by atoms with Gasteiger partial charge < -0.3 is 5.32 Å². The Labute approximate surface area is 167 Å². The fourth-order valence-corrected chi connectivity index (χ4v) is 3.16. The predicted octanol–water partition coefficient (Wildman–Crippen LogP) is 5.06. The molecule has 0 amide bonds. The van der Waals surface area contributed by atoms with E-state index in [1.807, 2.05) is 60.3 Å². The Morgan fingerprint density at radius 3 is 2.55 bits per heavy atom. The first-order valence-electron chi connectivity index (χ1n) is 9.34. The number of hydrogen-bond donors (Lipinski definition) is 1. The highest BCUT2D eigenvalue weighted by atomic mass is 19.2. The highest BCUT2D eigenvalue weighted by molar-refractivity contribution is 5.62. The molecule has 4 aromatic rings. The van der Waals surface area contributed by atoms with Gasteiger partial charge in [0.15, 0.2) is 11.6 Å². The number of rotatable bonds is 6. The summed E-state index contributed by atoms with van der Waals surface area (Å²) in [6.07, 6.45) is 5.48. The van der Waals surface area contributed by atoms with Gasteiger partial charge in [0.1, 0.15) is 0 Å². The van der Waals surface area contributed by atoms with Gasteiger partial charge in [-0.3, -0.25) is 4.98 Å². The van der Waals surface area contributed by atoms with Crippen molar-refractivity contribution in [3.05, 3.63) is 102 Å². The second-order valence-corrected chi connectivity index (χ2v) is 6.80. The van der Waals surface area contributed by atoms with Crippen molar-refractivity contribution in [1.29, 1.82) is 0 Å². The van der Waals surface area contributed by atoms with Gasteiger partial charge in [-0.1, -0.05) is 24.3 Å². The third kappa shape index (κ3) is 4.22. The number of benzene rings is 2. The summed E-state index contributed by atoms with van der Waals surface area (Å²) in [5.74, 6) is -1.69. The molecule has 146 valence electrons. The molecule has 2 aromatic carbocycles. The minimum absolute atomic E-state index is 0.160. The largest absolute Gasteiger partial charge is 0.306 e. The lowest BCUT2D eigenvalue weighted by atomic mass is 10.1. The van der Waals surface area contributed by atoms with Crippen LogP contribution >= 0.6 is 0 Å². The Hall–Kier alpha value is -3.38. The molecule has 0 aliphatic heterocycles. The zero-order chi connectivity index (χ0) is 20.2. The van der Waals surface area contributed by atoms with Crippen LogP contribution in [0, 0.1) is 11.6 Å². The Bertz CT molecular complexity index is 1090. The first kappa shape index (κ1) is 19.0. The van der Waals surface area contributed by atoms with Crippen molar-refractivity contribution >= 4 is 0 Å². The van der Waals surface area contributed by atoms with Crippen molar-refractivity contribution in [2.75, 3.05) is 0 Å². The van der Waals surface area contributed by atoms with Crippen LogP contribution in [0.4, 0.5) is 8.78 Å². The molecule has 1 atom stereocenters. The van der Waals surface area contributed by atoms with Crippen LogP contribution in [-0.2, 0) is 6.54 Å². The van der Waals surface area contributed by atoms with Crippen molar-refractivity contribution in [2.45, 2.75) is 19.5 Å². The molecule has 0 saturated carbocycles. The number of para-hydroxylation sites is 1. The lowest BCUT2D eigenvalue weighted by molar-refractivity contribution is 0.500. The summed E-state index contributed by atoms with van der Waals surface area (Å²) in [5, 5.41) is 8.13. The van der Waals surface area contributed by atoms with E-state index in [4.69, 9.17) is 5.10 Å². The van der Waals surface area contributed by atoms with Crippen molar-refractivity contribution in [1.82, 2.24) is 20.1 Å². The number of halogens is 2.